The molecule has 3 aromatic carbocycles. The third kappa shape index (κ3) is 12.0. The number of allylic oxidation sites excluding steroid dienone is 1. The first-order chi connectivity index (χ1) is 32.8. The van der Waals surface area contributed by atoms with Gasteiger partial charge in [-0.25, -0.2) is 4.39 Å². The third-order valence-corrected chi connectivity index (χ3v) is 14.2. The zero-order valence-corrected chi connectivity index (χ0v) is 39.8. The van der Waals surface area contributed by atoms with Crippen LogP contribution in [0.4, 0.5) is 4.39 Å². The molecule has 3 aromatic rings. The second-order valence-corrected chi connectivity index (χ2v) is 18.6. The molecule has 12 heteroatoms. The van der Waals surface area contributed by atoms with Crippen molar-refractivity contribution >= 4 is 11.6 Å². The van der Waals surface area contributed by atoms with Gasteiger partial charge in [-0.1, -0.05) is 113 Å². The van der Waals surface area contributed by atoms with Crippen molar-refractivity contribution in [3.63, 3.8) is 0 Å². The van der Waals surface area contributed by atoms with Crippen LogP contribution < -0.4 is 18.9 Å². The highest BCUT2D eigenvalue weighted by atomic mass is 19.1. The lowest BCUT2D eigenvalue weighted by Crippen LogP contribution is -2.70. The van der Waals surface area contributed by atoms with Gasteiger partial charge >= 0.3 is 0 Å². The number of nitrogens with zero attached hydrogens (tertiary/aromatic N) is 2. The fourth-order valence-corrected chi connectivity index (χ4v) is 11.0. The molecule has 6 unspecified atom stereocenters. The summed E-state index contributed by atoms with van der Waals surface area (Å²) in [4.78, 5) is 22.8. The van der Waals surface area contributed by atoms with Gasteiger partial charge in [0.05, 0.1) is 18.2 Å². The van der Waals surface area contributed by atoms with E-state index < -0.39 is 17.7 Å². The van der Waals surface area contributed by atoms with Gasteiger partial charge in [-0.05, 0) is 91.5 Å². The Bertz CT molecular complexity index is 2140. The van der Waals surface area contributed by atoms with Gasteiger partial charge in [0.25, 0.3) is 0 Å². The lowest BCUT2D eigenvalue weighted by molar-refractivity contribution is -0.258. The van der Waals surface area contributed by atoms with E-state index in [0.29, 0.717) is 54.2 Å². The maximum atomic E-state index is 15.2. The maximum absolute atomic E-state index is 15.2. The smallest absolute Gasteiger partial charge is 0.239 e. The van der Waals surface area contributed by atoms with Gasteiger partial charge in [-0.2, -0.15) is 0 Å². The van der Waals surface area contributed by atoms with Crippen LogP contribution in [0, 0.1) is 23.6 Å². The van der Waals surface area contributed by atoms with E-state index in [-0.39, 0.29) is 69.2 Å². The first kappa shape index (κ1) is 50.0. The number of fused-ring (bicyclic) bond motifs is 3. The molecule has 2 aliphatic carbocycles. The number of hydrogen-bond donors (Lipinski definition) is 2. The molecule has 67 heavy (non-hydrogen) atoms. The van der Waals surface area contributed by atoms with Crippen LogP contribution in [-0.4, -0.2) is 72.3 Å². The predicted octanol–water partition coefficient (Wildman–Crippen LogP) is 11.3. The van der Waals surface area contributed by atoms with E-state index in [9.17, 15) is 14.6 Å². The number of benzene rings is 3. The summed E-state index contributed by atoms with van der Waals surface area (Å²) >= 11 is 0. The second-order valence-electron chi connectivity index (χ2n) is 18.6. The molecule has 364 valence electrons. The van der Waals surface area contributed by atoms with Crippen LogP contribution in [0.3, 0.4) is 0 Å². The van der Waals surface area contributed by atoms with Crippen LogP contribution in [0.1, 0.15) is 139 Å². The molecule has 2 heterocycles. The molecule has 0 spiro atoms. The van der Waals surface area contributed by atoms with E-state index in [4.69, 9.17) is 33.7 Å². The minimum absolute atomic E-state index is 0.00332. The summed E-state index contributed by atoms with van der Waals surface area (Å²) in [6.07, 6.45) is 19.5. The first-order valence-corrected chi connectivity index (χ1v) is 25.0. The molecule has 6 atom stereocenters. The molecule has 7 rings (SSSR count). The first-order valence-electron chi connectivity index (χ1n) is 25.0. The molecular weight excluding hydrogens is 852 g/mol. The monoisotopic (exact) mass is 925 g/mol. The highest BCUT2D eigenvalue weighted by Gasteiger charge is 2.65. The number of carbonyl (C=O) groups excluding carboxylic acids is 1. The Balaban J connectivity index is 1.33. The average Bonchev–Trinajstić information content (AvgIpc) is 3.81. The van der Waals surface area contributed by atoms with Gasteiger partial charge in [0.15, 0.2) is 11.5 Å². The molecule has 0 radical (unpaired) electrons. The molecule has 2 N–H and O–H groups in total. The number of unbranched alkanes of at least 4 members (excludes halogenated alkanes) is 10. The molecule has 1 amide bonds. The number of ether oxygens (including phenoxy) is 5. The average molecular weight is 925 g/mol. The summed E-state index contributed by atoms with van der Waals surface area (Å²) in [5.74, 6) is 0.172. The van der Waals surface area contributed by atoms with Gasteiger partial charge < -0.3 is 43.6 Å². The molecule has 0 bridgehead atoms. The Morgan fingerprint density at radius 3 is 2.37 bits per heavy atom. The van der Waals surface area contributed by atoms with Crippen molar-refractivity contribution in [2.24, 2.45) is 22.9 Å². The van der Waals surface area contributed by atoms with Crippen LogP contribution in [-0.2, 0) is 27.5 Å². The van der Waals surface area contributed by atoms with E-state index in [2.05, 4.69) is 19.6 Å². The summed E-state index contributed by atoms with van der Waals surface area (Å²) < 4.78 is 47.3. The lowest BCUT2D eigenvalue weighted by Gasteiger charge is -2.60. The Hall–Kier alpha value is -4.91. The van der Waals surface area contributed by atoms with Gasteiger partial charge in [0.2, 0.25) is 18.5 Å². The van der Waals surface area contributed by atoms with Crippen LogP contribution >= 0.6 is 0 Å². The van der Waals surface area contributed by atoms with E-state index >= 15 is 4.79 Å². The molecule has 4 aliphatic rings. The van der Waals surface area contributed by atoms with Gasteiger partial charge in [0, 0.05) is 49.6 Å². The van der Waals surface area contributed by atoms with Gasteiger partial charge in [-0.15, -0.1) is 6.58 Å². The zero-order chi connectivity index (χ0) is 47.0. The lowest BCUT2D eigenvalue weighted by atomic mass is 9.55. The van der Waals surface area contributed by atoms with Crippen molar-refractivity contribution < 1.29 is 47.9 Å². The molecule has 2 aliphatic heterocycles. The van der Waals surface area contributed by atoms with Crippen molar-refractivity contribution in [1.82, 2.24) is 4.90 Å². The van der Waals surface area contributed by atoms with E-state index in [1.165, 1.54) is 44.6 Å². The molecular formula is C55H73FN2O9. The van der Waals surface area contributed by atoms with Crippen molar-refractivity contribution in [3.05, 3.63) is 107 Å². The Kier molecular flexibility index (Phi) is 18.6. The second kappa shape index (κ2) is 24.9. The topological polar surface area (TPSA) is 129 Å². The zero-order valence-electron chi connectivity index (χ0n) is 39.8. The van der Waals surface area contributed by atoms with Crippen molar-refractivity contribution in [2.45, 2.75) is 147 Å². The van der Waals surface area contributed by atoms with Crippen LogP contribution in [0.25, 0.3) is 0 Å². The van der Waals surface area contributed by atoms with Crippen molar-refractivity contribution in [1.29, 1.82) is 0 Å². The summed E-state index contributed by atoms with van der Waals surface area (Å²) in [5.41, 5.74) is 3.95. The summed E-state index contributed by atoms with van der Waals surface area (Å²) in [6, 6.07) is 17.6. The van der Waals surface area contributed by atoms with Crippen LogP contribution in [0.5, 0.6) is 23.0 Å². The highest BCUT2D eigenvalue weighted by molar-refractivity contribution is 6.03. The van der Waals surface area contributed by atoms with Gasteiger partial charge in [-0.3, -0.25) is 4.79 Å². The van der Waals surface area contributed by atoms with Crippen LogP contribution in [0.2, 0.25) is 0 Å². The summed E-state index contributed by atoms with van der Waals surface area (Å²) in [7, 11) is 1.56. The SMILES string of the molecule is C=CCOC12Oc3ccc(OCc4ccccc4F)cc3C3C(CCCCO)C(CCCCO)C=C(C(=NOC)CC1N(Cc1ccc4c(c1)OCO4)C(=O)CCCCCCCCCCC)C32. The van der Waals surface area contributed by atoms with E-state index in [1.54, 1.807) is 31.4 Å². The number of carbonyl (C=O) groups is 1. The Labute approximate surface area is 397 Å². The fraction of sp³-hybridized carbons (Fsp3) is 0.564. The standard InChI is InChI=1S/C55H73FN2O9/c1-4-6-7-8-9-10-11-12-13-24-52(61)58(36-39-25-27-49-50(32-39)65-38-64-49)51-35-47(57-62-3)44-33-40(20-16-18-29-59)43(22-17-19-30-60)53-45-34-42(63-37-41-21-14-15-23-46(41)56)26-28-48(45)67-55(51,54(44)53)66-31-5-2/h5,14-15,21,23,25-28,32-34,40,43,51,53-54,59-60H,2,4,6-13,16-20,22,24,29-31,35-38H2,1,3H3. The quantitative estimate of drug-likeness (QED) is 0.0415. The number of amides is 1. The number of oxime groups is 1. The fourth-order valence-electron chi connectivity index (χ4n) is 11.0. The normalized spacial score (nSPS) is 22.9. The molecule has 1 saturated carbocycles. The van der Waals surface area contributed by atoms with E-state index in [0.717, 1.165) is 67.4 Å². The Morgan fingerprint density at radius 2 is 1.63 bits per heavy atom. The number of halogens is 1. The van der Waals surface area contributed by atoms with Crippen molar-refractivity contribution in [3.8, 4) is 23.0 Å². The molecule has 0 saturated heterocycles. The minimum atomic E-state index is -1.41. The summed E-state index contributed by atoms with van der Waals surface area (Å²) in [5, 5.41) is 24.7. The van der Waals surface area contributed by atoms with Crippen molar-refractivity contribution in [2.75, 3.05) is 33.7 Å². The number of aliphatic hydroxyl groups excluding tert-OH is 2. The van der Waals surface area contributed by atoms with Crippen LogP contribution in [0.15, 0.2) is 90.1 Å². The predicted molar refractivity (Wildman–Crippen MR) is 258 cm³/mol. The third-order valence-electron chi connectivity index (χ3n) is 14.2. The number of rotatable bonds is 28. The summed E-state index contributed by atoms with van der Waals surface area (Å²) in [6.45, 7) is 7.11. The Morgan fingerprint density at radius 1 is 0.896 bits per heavy atom. The maximum Gasteiger partial charge on any atom is 0.239 e. The molecule has 11 nitrogen and oxygen atoms in total. The molecule has 0 aromatic heterocycles. The minimum Gasteiger partial charge on any atom is -0.489 e. The number of hydrogen-bond acceptors (Lipinski definition) is 10. The van der Waals surface area contributed by atoms with E-state index in [1.807, 2.05) is 41.3 Å². The largest absolute Gasteiger partial charge is 0.489 e. The number of aliphatic hydroxyl groups is 2. The highest BCUT2D eigenvalue weighted by Crippen LogP contribution is 2.62. The van der Waals surface area contributed by atoms with Gasteiger partial charge in [0.1, 0.15) is 37.1 Å². The molecule has 1 fully saturated rings.